The largest absolute Gasteiger partial charge is 0.506 e. The zero-order valence-electron chi connectivity index (χ0n) is 18.3. The molecular formula is C24H24FN3O5S. The number of hydrogen-bond acceptors (Lipinski definition) is 5. The summed E-state index contributed by atoms with van der Waals surface area (Å²) in [6.45, 7) is 1.76. The number of halogens is 1. The summed E-state index contributed by atoms with van der Waals surface area (Å²) in [6.07, 6.45) is 0.165. The number of nitrogens with one attached hydrogen (secondary N) is 3. The third kappa shape index (κ3) is 6.40. The van der Waals surface area contributed by atoms with Crippen LogP contribution in [-0.2, 0) is 21.2 Å². The highest BCUT2D eigenvalue weighted by Crippen LogP contribution is 2.26. The second-order valence-electron chi connectivity index (χ2n) is 7.40. The Labute approximate surface area is 196 Å². The van der Waals surface area contributed by atoms with Gasteiger partial charge in [0.25, 0.3) is 5.91 Å². The van der Waals surface area contributed by atoms with Gasteiger partial charge in [-0.3, -0.25) is 9.59 Å². The van der Waals surface area contributed by atoms with Gasteiger partial charge in [-0.1, -0.05) is 37.3 Å². The van der Waals surface area contributed by atoms with Crippen molar-refractivity contribution in [2.75, 3.05) is 11.9 Å². The van der Waals surface area contributed by atoms with Crippen molar-refractivity contribution in [3.8, 4) is 5.75 Å². The van der Waals surface area contributed by atoms with E-state index in [1.54, 1.807) is 31.2 Å². The first kappa shape index (κ1) is 24.9. The lowest BCUT2D eigenvalue weighted by molar-refractivity contribution is -0.118. The molecule has 0 heterocycles. The minimum absolute atomic E-state index is 0.145. The molecule has 34 heavy (non-hydrogen) atoms. The Balaban J connectivity index is 1.81. The van der Waals surface area contributed by atoms with Crippen LogP contribution in [0.4, 0.5) is 10.1 Å². The van der Waals surface area contributed by atoms with Crippen LogP contribution in [-0.4, -0.2) is 37.9 Å². The van der Waals surface area contributed by atoms with Gasteiger partial charge in [0.15, 0.2) is 0 Å². The van der Waals surface area contributed by atoms with Crippen LogP contribution in [0.1, 0.15) is 22.8 Å². The van der Waals surface area contributed by atoms with Gasteiger partial charge in [-0.15, -0.1) is 0 Å². The number of sulfonamides is 1. The first-order valence-electron chi connectivity index (χ1n) is 10.4. The minimum Gasteiger partial charge on any atom is -0.506 e. The fraction of sp³-hybridized carbons (Fsp3) is 0.167. The molecule has 178 valence electrons. The van der Waals surface area contributed by atoms with Gasteiger partial charge in [-0.25, -0.2) is 17.5 Å². The third-order valence-corrected chi connectivity index (χ3v) is 6.45. The zero-order chi connectivity index (χ0) is 24.7. The minimum atomic E-state index is -3.89. The number of carbonyl (C=O) groups is 2. The van der Waals surface area contributed by atoms with E-state index in [0.29, 0.717) is 0 Å². The summed E-state index contributed by atoms with van der Waals surface area (Å²) in [6, 6.07) is 16.6. The topological polar surface area (TPSA) is 125 Å². The molecule has 0 aliphatic carbocycles. The van der Waals surface area contributed by atoms with E-state index in [2.05, 4.69) is 15.4 Å². The Morgan fingerprint density at radius 1 is 1.00 bits per heavy atom. The molecule has 2 amide bonds. The summed E-state index contributed by atoms with van der Waals surface area (Å²) in [5.41, 5.74) is 1.12. The number of hydrogen-bond donors (Lipinski definition) is 4. The van der Waals surface area contributed by atoms with Crippen LogP contribution in [0.5, 0.6) is 5.75 Å². The molecule has 0 saturated heterocycles. The first-order chi connectivity index (χ1) is 16.2. The molecule has 0 fully saturated rings. The van der Waals surface area contributed by atoms with E-state index >= 15 is 0 Å². The second-order valence-corrected chi connectivity index (χ2v) is 9.13. The van der Waals surface area contributed by atoms with Gasteiger partial charge < -0.3 is 15.7 Å². The standard InChI is InChI=1S/C24H24FN3O5S/c1-2-26-34(32,33)22-13-12-19(15-21(22)29)27-24(31)20(14-16-6-4-3-5-7-16)28-23(30)17-8-10-18(25)11-9-17/h3-13,15,20,26,29H,2,14H2,1H3,(H,27,31)(H,28,30)/t20-/m0/s1. The summed E-state index contributed by atoms with van der Waals surface area (Å²) in [7, 11) is -3.89. The smallest absolute Gasteiger partial charge is 0.251 e. The molecule has 0 spiro atoms. The summed E-state index contributed by atoms with van der Waals surface area (Å²) in [4.78, 5) is 25.4. The fourth-order valence-corrected chi connectivity index (χ4v) is 4.34. The van der Waals surface area contributed by atoms with Crippen molar-refractivity contribution in [3.05, 3.63) is 89.7 Å². The number of benzene rings is 3. The Morgan fingerprint density at radius 3 is 2.29 bits per heavy atom. The third-order valence-electron chi connectivity index (χ3n) is 4.86. The lowest BCUT2D eigenvalue weighted by Crippen LogP contribution is -2.45. The van der Waals surface area contributed by atoms with Crippen LogP contribution < -0.4 is 15.4 Å². The number of anilines is 1. The quantitative estimate of drug-likeness (QED) is 0.371. The van der Waals surface area contributed by atoms with Gasteiger partial charge >= 0.3 is 0 Å². The lowest BCUT2D eigenvalue weighted by atomic mass is 10.0. The van der Waals surface area contributed by atoms with Crippen molar-refractivity contribution < 1.29 is 27.5 Å². The average Bonchev–Trinajstić information content (AvgIpc) is 2.79. The molecule has 10 heteroatoms. The molecule has 3 rings (SSSR count). The Morgan fingerprint density at radius 2 is 1.68 bits per heavy atom. The Bertz CT molecular complexity index is 1270. The molecule has 4 N–H and O–H groups in total. The maximum absolute atomic E-state index is 13.2. The van der Waals surface area contributed by atoms with E-state index in [1.807, 2.05) is 6.07 Å². The number of aromatic hydroxyl groups is 1. The van der Waals surface area contributed by atoms with Gasteiger partial charge in [0.1, 0.15) is 22.5 Å². The molecule has 1 atom stereocenters. The predicted octanol–water partition coefficient (Wildman–Crippen LogP) is 2.81. The van der Waals surface area contributed by atoms with E-state index in [9.17, 15) is 27.5 Å². The monoisotopic (exact) mass is 485 g/mol. The summed E-state index contributed by atoms with van der Waals surface area (Å²) >= 11 is 0. The van der Waals surface area contributed by atoms with Crippen molar-refractivity contribution in [3.63, 3.8) is 0 Å². The lowest BCUT2D eigenvalue weighted by Gasteiger charge is -2.19. The molecule has 0 aromatic heterocycles. The van der Waals surface area contributed by atoms with Gasteiger partial charge in [0.05, 0.1) is 0 Å². The van der Waals surface area contributed by atoms with Crippen molar-refractivity contribution in [2.24, 2.45) is 0 Å². The summed E-state index contributed by atoms with van der Waals surface area (Å²) in [5.74, 6) is -2.17. The van der Waals surface area contributed by atoms with E-state index in [1.165, 1.54) is 24.3 Å². The molecule has 0 saturated carbocycles. The average molecular weight is 486 g/mol. The zero-order valence-corrected chi connectivity index (χ0v) is 19.1. The van der Waals surface area contributed by atoms with E-state index in [4.69, 9.17) is 0 Å². The van der Waals surface area contributed by atoms with Crippen molar-refractivity contribution in [1.82, 2.24) is 10.0 Å². The molecule has 0 radical (unpaired) electrons. The van der Waals surface area contributed by atoms with Crippen molar-refractivity contribution in [2.45, 2.75) is 24.3 Å². The van der Waals surface area contributed by atoms with Gasteiger partial charge in [-0.05, 0) is 42.0 Å². The normalized spacial score (nSPS) is 12.1. The number of phenolic OH excluding ortho intramolecular Hbond substituents is 1. The molecule has 8 nitrogen and oxygen atoms in total. The van der Waals surface area contributed by atoms with Crippen molar-refractivity contribution in [1.29, 1.82) is 0 Å². The molecule has 0 unspecified atom stereocenters. The molecule has 3 aromatic carbocycles. The maximum Gasteiger partial charge on any atom is 0.251 e. The van der Waals surface area contributed by atoms with Gasteiger partial charge in [0.2, 0.25) is 15.9 Å². The molecule has 3 aromatic rings. The Kier molecular flexibility index (Phi) is 7.98. The predicted molar refractivity (Wildman–Crippen MR) is 125 cm³/mol. The molecule has 0 aliphatic rings. The van der Waals surface area contributed by atoms with Crippen LogP contribution in [0.25, 0.3) is 0 Å². The number of rotatable bonds is 9. The fourth-order valence-electron chi connectivity index (χ4n) is 3.22. The van der Waals surface area contributed by atoms with Crippen LogP contribution in [0.15, 0.2) is 77.7 Å². The first-order valence-corrected chi connectivity index (χ1v) is 11.9. The highest BCUT2D eigenvalue weighted by atomic mass is 32.2. The number of carbonyl (C=O) groups excluding carboxylic acids is 2. The summed E-state index contributed by atoms with van der Waals surface area (Å²) in [5, 5.41) is 15.4. The molecule has 0 bridgehead atoms. The summed E-state index contributed by atoms with van der Waals surface area (Å²) < 4.78 is 39.8. The van der Waals surface area contributed by atoms with E-state index < -0.39 is 39.4 Å². The van der Waals surface area contributed by atoms with Crippen LogP contribution >= 0.6 is 0 Å². The SMILES string of the molecule is CCNS(=O)(=O)c1ccc(NC(=O)[C@H](Cc2ccccc2)NC(=O)c2ccc(F)cc2)cc1O. The van der Waals surface area contributed by atoms with Crippen molar-refractivity contribution >= 4 is 27.5 Å². The molecule has 0 aliphatic heterocycles. The van der Waals surface area contributed by atoms with E-state index in [-0.39, 0.29) is 29.1 Å². The highest BCUT2D eigenvalue weighted by molar-refractivity contribution is 7.89. The highest BCUT2D eigenvalue weighted by Gasteiger charge is 2.23. The number of phenols is 1. The Hall–Kier alpha value is -3.76. The van der Waals surface area contributed by atoms with E-state index in [0.717, 1.165) is 23.8 Å². The maximum atomic E-state index is 13.2. The van der Waals surface area contributed by atoms with Gasteiger partial charge in [0, 0.05) is 30.3 Å². The van der Waals surface area contributed by atoms with Gasteiger partial charge in [-0.2, -0.15) is 0 Å². The van der Waals surface area contributed by atoms with Crippen LogP contribution in [0, 0.1) is 5.82 Å². The van der Waals surface area contributed by atoms with Crippen LogP contribution in [0.3, 0.4) is 0 Å². The second kappa shape index (κ2) is 10.9. The number of amides is 2. The molecular weight excluding hydrogens is 461 g/mol. The van der Waals surface area contributed by atoms with Crippen LogP contribution in [0.2, 0.25) is 0 Å².